The van der Waals surface area contributed by atoms with E-state index in [1.54, 1.807) is 73.7 Å². The summed E-state index contributed by atoms with van der Waals surface area (Å²) in [4.78, 5) is 76.3. The number of thiophene rings is 2. The van der Waals surface area contributed by atoms with Crippen molar-refractivity contribution in [1.29, 1.82) is 0 Å². The van der Waals surface area contributed by atoms with E-state index < -0.39 is 48.2 Å². The normalized spacial score (nSPS) is 12.7. The monoisotopic (exact) mass is 662 g/mol. The molecule has 46 heavy (non-hydrogen) atoms. The van der Waals surface area contributed by atoms with Crippen molar-refractivity contribution in [2.24, 2.45) is 0 Å². The molecule has 10 nitrogen and oxygen atoms in total. The van der Waals surface area contributed by atoms with Gasteiger partial charge in [-0.25, -0.2) is 4.79 Å². The van der Waals surface area contributed by atoms with E-state index in [-0.39, 0.29) is 24.8 Å². The van der Waals surface area contributed by atoms with Crippen LogP contribution in [0.15, 0.2) is 84.9 Å². The molecule has 12 heteroatoms. The van der Waals surface area contributed by atoms with Crippen molar-refractivity contribution in [1.82, 2.24) is 0 Å². The molecule has 4 rings (SSSR count). The van der Waals surface area contributed by atoms with Crippen LogP contribution in [-0.2, 0) is 38.8 Å². The third kappa shape index (κ3) is 8.40. The summed E-state index contributed by atoms with van der Waals surface area (Å²) in [6, 6.07) is 23.6. The van der Waals surface area contributed by atoms with E-state index in [0.29, 0.717) is 30.6 Å². The molecule has 2 atom stereocenters. The van der Waals surface area contributed by atoms with Gasteiger partial charge >= 0.3 is 23.9 Å². The smallest absolute Gasteiger partial charge is 0.344 e. The number of rotatable bonds is 15. The van der Waals surface area contributed by atoms with Crippen molar-refractivity contribution < 1.29 is 48.1 Å². The van der Waals surface area contributed by atoms with Gasteiger partial charge in [0, 0.05) is 20.9 Å². The molecule has 1 N–H and O–H groups in total. The maximum absolute atomic E-state index is 12.7. The van der Waals surface area contributed by atoms with E-state index in [1.807, 2.05) is 6.07 Å². The van der Waals surface area contributed by atoms with E-state index in [1.165, 1.54) is 30.4 Å². The fourth-order valence-electron chi connectivity index (χ4n) is 4.26. The Morgan fingerprint density at radius 2 is 1.22 bits per heavy atom. The minimum absolute atomic E-state index is 0.162. The zero-order valence-electron chi connectivity index (χ0n) is 24.9. The number of carboxylic acid groups (broad SMARTS) is 1. The van der Waals surface area contributed by atoms with E-state index in [9.17, 15) is 33.9 Å². The van der Waals surface area contributed by atoms with Gasteiger partial charge in [0.05, 0.1) is 22.1 Å². The lowest BCUT2D eigenvalue weighted by Gasteiger charge is -2.22. The second-order valence-corrected chi connectivity index (χ2v) is 12.5. The quantitative estimate of drug-likeness (QED) is 0.0755. The number of carbonyl (C=O) groups excluding carboxylic acids is 5. The number of esters is 3. The zero-order chi connectivity index (χ0) is 33.3. The maximum Gasteiger partial charge on any atom is 0.344 e. The number of benzene rings is 2. The van der Waals surface area contributed by atoms with E-state index in [0.717, 1.165) is 11.3 Å². The van der Waals surface area contributed by atoms with Gasteiger partial charge in [0.2, 0.25) is 11.6 Å². The topological polar surface area (TPSA) is 150 Å². The summed E-state index contributed by atoms with van der Waals surface area (Å²) in [5, 5.41) is 9.92. The van der Waals surface area contributed by atoms with E-state index in [2.05, 4.69) is 0 Å². The molecule has 0 aliphatic carbocycles. The Kier molecular flexibility index (Phi) is 11.3. The largest absolute Gasteiger partial charge is 0.481 e. The highest BCUT2D eigenvalue weighted by Gasteiger charge is 2.40. The van der Waals surface area contributed by atoms with Crippen LogP contribution in [0.4, 0.5) is 0 Å². The lowest BCUT2D eigenvalue weighted by atomic mass is 9.85. The number of ketones is 2. The predicted molar refractivity (Wildman–Crippen MR) is 169 cm³/mol. The van der Waals surface area contributed by atoms with Crippen LogP contribution in [0.3, 0.4) is 0 Å². The average molecular weight is 663 g/mol. The first-order valence-electron chi connectivity index (χ1n) is 14.1. The van der Waals surface area contributed by atoms with Gasteiger partial charge in [0.15, 0.2) is 6.61 Å². The Morgan fingerprint density at radius 1 is 0.696 bits per heavy atom. The second-order valence-electron chi connectivity index (χ2n) is 10.3. The Bertz CT molecular complexity index is 1720. The molecule has 0 saturated heterocycles. The molecule has 0 aliphatic rings. The molecule has 0 bridgehead atoms. The molecule has 2 aromatic carbocycles. The third-order valence-electron chi connectivity index (χ3n) is 6.99. The van der Waals surface area contributed by atoms with Crippen LogP contribution in [0, 0.1) is 0 Å². The number of carbonyl (C=O) groups is 6. The molecule has 2 aromatic heterocycles. The fourth-order valence-corrected chi connectivity index (χ4v) is 6.37. The van der Waals surface area contributed by atoms with Gasteiger partial charge in [-0.1, -0.05) is 60.7 Å². The molecule has 0 aliphatic heterocycles. The SMILES string of the molecule is CC(C(=O)OCC(=O)OCCOC(=O)CC(C)(C(=O)O)c1ccc(C(=O)c2ccccc2)s1)c1ccc(C(=O)c2ccccc2)s1. The molecule has 0 saturated carbocycles. The standard InChI is InChI=1S/C34H30O10S2/c1-21(24-13-14-25(45-24)30(37)22-9-5-3-6-10-22)32(39)44-20-29(36)43-18-17-42-28(35)19-34(2,33(40)41)27-16-15-26(46-27)31(38)23-11-7-4-8-12-23/h3-16,21H,17-20H2,1-2H3,(H,40,41). The van der Waals surface area contributed by atoms with Gasteiger partial charge < -0.3 is 19.3 Å². The number of ether oxygens (including phenoxy) is 3. The minimum Gasteiger partial charge on any atom is -0.481 e. The van der Waals surface area contributed by atoms with Crippen LogP contribution in [0.5, 0.6) is 0 Å². The van der Waals surface area contributed by atoms with Gasteiger partial charge in [-0.3, -0.25) is 24.0 Å². The first-order valence-corrected chi connectivity index (χ1v) is 15.7. The van der Waals surface area contributed by atoms with E-state index in [4.69, 9.17) is 14.2 Å². The Morgan fingerprint density at radius 3 is 1.78 bits per heavy atom. The summed E-state index contributed by atoms with van der Waals surface area (Å²) in [5.41, 5.74) is -0.667. The Balaban J connectivity index is 1.20. The first kappa shape index (κ1) is 33.9. The molecule has 0 radical (unpaired) electrons. The Labute approximate surface area is 272 Å². The summed E-state index contributed by atoms with van der Waals surface area (Å²) in [5.74, 6) is -4.81. The molecule has 0 fully saturated rings. The van der Waals surface area contributed by atoms with Crippen LogP contribution in [0.25, 0.3) is 0 Å². The lowest BCUT2D eigenvalue weighted by Crippen LogP contribution is -2.35. The van der Waals surface area contributed by atoms with Gasteiger partial charge in [-0.05, 0) is 38.1 Å². The van der Waals surface area contributed by atoms with Crippen LogP contribution >= 0.6 is 22.7 Å². The molecular weight excluding hydrogens is 632 g/mol. The van der Waals surface area contributed by atoms with Gasteiger partial charge in [-0.15, -0.1) is 22.7 Å². The minimum atomic E-state index is -1.66. The summed E-state index contributed by atoms with van der Waals surface area (Å²) in [6.45, 7) is 1.61. The van der Waals surface area contributed by atoms with Crippen LogP contribution in [0.2, 0.25) is 0 Å². The number of hydrogen-bond donors (Lipinski definition) is 1. The molecule has 238 valence electrons. The highest BCUT2D eigenvalue weighted by atomic mass is 32.1. The van der Waals surface area contributed by atoms with Crippen LogP contribution in [-0.4, -0.2) is 60.4 Å². The van der Waals surface area contributed by atoms with Crippen molar-refractivity contribution in [3.05, 3.63) is 116 Å². The molecule has 0 amide bonds. The average Bonchev–Trinajstić information content (AvgIpc) is 3.77. The summed E-state index contributed by atoms with van der Waals surface area (Å²) < 4.78 is 15.1. The predicted octanol–water partition coefficient (Wildman–Crippen LogP) is 5.44. The summed E-state index contributed by atoms with van der Waals surface area (Å²) >= 11 is 2.16. The van der Waals surface area contributed by atoms with E-state index >= 15 is 0 Å². The second kappa shape index (κ2) is 15.4. The first-order chi connectivity index (χ1) is 22.0. The third-order valence-corrected chi connectivity index (χ3v) is 9.60. The summed E-state index contributed by atoms with van der Waals surface area (Å²) in [6.07, 6.45) is -0.521. The molecular formula is C34H30O10S2. The number of carboxylic acids is 1. The van der Waals surface area contributed by atoms with Crippen molar-refractivity contribution in [2.45, 2.75) is 31.6 Å². The van der Waals surface area contributed by atoms with Gasteiger partial charge in [0.25, 0.3) is 0 Å². The highest BCUT2D eigenvalue weighted by Crippen LogP contribution is 2.35. The van der Waals surface area contributed by atoms with Gasteiger partial charge in [-0.2, -0.15) is 0 Å². The lowest BCUT2D eigenvalue weighted by molar-refractivity contribution is -0.162. The maximum atomic E-state index is 12.7. The number of hydrogen-bond acceptors (Lipinski definition) is 11. The van der Waals surface area contributed by atoms with Crippen LogP contribution in [0.1, 0.15) is 66.4 Å². The summed E-state index contributed by atoms with van der Waals surface area (Å²) in [7, 11) is 0. The van der Waals surface area contributed by atoms with Crippen molar-refractivity contribution >= 4 is 58.1 Å². The molecule has 0 spiro atoms. The van der Waals surface area contributed by atoms with Crippen LogP contribution < -0.4 is 0 Å². The highest BCUT2D eigenvalue weighted by molar-refractivity contribution is 7.14. The molecule has 2 heterocycles. The molecule has 2 unspecified atom stereocenters. The Hall–Kier alpha value is -4.94. The molecule has 4 aromatic rings. The van der Waals surface area contributed by atoms with Crippen molar-refractivity contribution in [3.63, 3.8) is 0 Å². The van der Waals surface area contributed by atoms with Gasteiger partial charge in [0.1, 0.15) is 18.6 Å². The fraction of sp³-hybridized carbons (Fsp3) is 0.235. The van der Waals surface area contributed by atoms with Crippen molar-refractivity contribution in [2.75, 3.05) is 19.8 Å². The number of aliphatic carboxylic acids is 1. The van der Waals surface area contributed by atoms with Crippen molar-refractivity contribution in [3.8, 4) is 0 Å². The zero-order valence-corrected chi connectivity index (χ0v) is 26.6.